The van der Waals surface area contributed by atoms with Crippen LogP contribution in [0.2, 0.25) is 0 Å². The minimum absolute atomic E-state index is 0.100. The zero-order valence-electron chi connectivity index (χ0n) is 33.8. The predicted octanol–water partition coefficient (Wildman–Crippen LogP) is 16.5. The molecule has 11 rings (SSSR count). The van der Waals surface area contributed by atoms with Crippen LogP contribution in [0.3, 0.4) is 0 Å². The minimum Gasteiger partial charge on any atom is -0.314 e. The highest BCUT2D eigenvalue weighted by Gasteiger charge is 2.35. The van der Waals surface area contributed by atoms with E-state index < -0.39 is 0 Å². The van der Waals surface area contributed by atoms with E-state index in [0.29, 0.717) is 0 Å². The van der Waals surface area contributed by atoms with Crippen molar-refractivity contribution in [3.05, 3.63) is 223 Å². The lowest BCUT2D eigenvalue weighted by molar-refractivity contribution is 0.660. The zero-order chi connectivity index (χ0) is 40.2. The smallest absolute Gasteiger partial charge is 0.0465 e. The van der Waals surface area contributed by atoms with E-state index in [4.69, 9.17) is 0 Å². The highest BCUT2D eigenvalue weighted by Crippen LogP contribution is 2.51. The molecule has 0 amide bonds. The molecule has 0 saturated carbocycles. The van der Waals surface area contributed by atoms with E-state index in [1.54, 1.807) is 0 Å². The molecule has 1 aromatic heterocycles. The second-order valence-electron chi connectivity index (χ2n) is 16.5. The Bertz CT molecular complexity index is 3100. The number of anilines is 5. The molecule has 9 aromatic rings. The lowest BCUT2D eigenvalue weighted by Crippen LogP contribution is -2.17. The molecule has 3 heteroatoms. The summed E-state index contributed by atoms with van der Waals surface area (Å²) >= 11 is 1.88. The molecule has 0 aliphatic heterocycles. The molecule has 60 heavy (non-hydrogen) atoms. The summed E-state index contributed by atoms with van der Waals surface area (Å²) in [7, 11) is 0. The maximum atomic E-state index is 2.42. The summed E-state index contributed by atoms with van der Waals surface area (Å²) in [4.78, 5) is 4.80. The lowest BCUT2D eigenvalue weighted by atomic mass is 9.82. The third-order valence-electron chi connectivity index (χ3n) is 12.5. The van der Waals surface area contributed by atoms with E-state index in [1.165, 1.54) is 81.8 Å². The third kappa shape index (κ3) is 6.17. The van der Waals surface area contributed by atoms with Gasteiger partial charge in [-0.3, -0.25) is 0 Å². The first kappa shape index (κ1) is 36.2. The summed E-state index contributed by atoms with van der Waals surface area (Å²) in [5, 5.41) is 2.65. The topological polar surface area (TPSA) is 6.48 Å². The number of benzene rings is 8. The Morgan fingerprint density at radius 3 is 1.73 bits per heavy atom. The van der Waals surface area contributed by atoms with Crippen molar-refractivity contribution in [1.29, 1.82) is 0 Å². The highest BCUT2D eigenvalue weighted by molar-refractivity contribution is 7.26. The monoisotopic (exact) mass is 788 g/mol. The molecule has 0 spiro atoms. The quantitative estimate of drug-likeness (QED) is 0.151. The molecule has 0 saturated heterocycles. The van der Waals surface area contributed by atoms with Gasteiger partial charge in [0, 0.05) is 59.7 Å². The molecule has 1 heterocycles. The molecule has 0 radical (unpaired) electrons. The molecular formula is C57H44N2S. The van der Waals surface area contributed by atoms with Gasteiger partial charge in [-0.15, -0.1) is 11.3 Å². The summed E-state index contributed by atoms with van der Waals surface area (Å²) in [5.74, 6) is 0. The molecule has 2 aliphatic rings. The number of fused-ring (bicyclic) bond motifs is 6. The summed E-state index contributed by atoms with van der Waals surface area (Å²) in [5.41, 5.74) is 17.3. The first-order valence-electron chi connectivity index (χ1n) is 21.0. The third-order valence-corrected chi connectivity index (χ3v) is 13.8. The van der Waals surface area contributed by atoms with Crippen LogP contribution >= 0.6 is 11.3 Å². The van der Waals surface area contributed by atoms with Crippen molar-refractivity contribution in [3.63, 3.8) is 0 Å². The van der Waals surface area contributed by atoms with Gasteiger partial charge < -0.3 is 9.80 Å². The van der Waals surface area contributed by atoms with Gasteiger partial charge in [0.15, 0.2) is 0 Å². The van der Waals surface area contributed by atoms with Crippen molar-refractivity contribution < 1.29 is 0 Å². The molecule has 0 atom stereocenters. The SMILES string of the molecule is CC1(C)c2ccccc2-c2ccc(N(c3ccc(-c4ccc(N(C5=CC=CCC5)c5ccccc5)cc4)cc3)c3ccc(-c4cccc5c4sc4ccccc45)cc3)cc21. The van der Waals surface area contributed by atoms with E-state index >= 15 is 0 Å². The number of hydrogen-bond acceptors (Lipinski definition) is 3. The largest absolute Gasteiger partial charge is 0.314 e. The molecular weight excluding hydrogens is 745 g/mol. The number of nitrogens with zero attached hydrogens (tertiary/aromatic N) is 2. The van der Waals surface area contributed by atoms with Crippen molar-refractivity contribution in [2.45, 2.75) is 32.1 Å². The van der Waals surface area contributed by atoms with Crippen LogP contribution in [0, 0.1) is 0 Å². The first-order chi connectivity index (χ1) is 29.5. The van der Waals surface area contributed by atoms with Gasteiger partial charge in [0.2, 0.25) is 0 Å². The maximum Gasteiger partial charge on any atom is 0.0465 e. The van der Waals surface area contributed by atoms with Gasteiger partial charge in [-0.05, 0) is 130 Å². The summed E-state index contributed by atoms with van der Waals surface area (Å²) in [6.45, 7) is 4.72. The van der Waals surface area contributed by atoms with Crippen LogP contribution in [-0.4, -0.2) is 0 Å². The maximum absolute atomic E-state index is 2.42. The fraction of sp³-hybridized carbons (Fsp3) is 0.0877. The minimum atomic E-state index is -0.100. The van der Waals surface area contributed by atoms with Crippen molar-refractivity contribution in [2.24, 2.45) is 0 Å². The summed E-state index contributed by atoms with van der Waals surface area (Å²) in [6.07, 6.45) is 8.74. The molecule has 0 unspecified atom stereocenters. The standard InChI is InChI=1S/C57H44N2S/c1-57(2)53-22-11-9-18-49(53)50-37-36-47(38-54(50)57)59(46-34-28-41(29-35-46)48-20-13-21-52-51-19-10-12-23-55(51)60-56(48)52)45-32-26-40(27-33-45)39-24-30-44(31-25-39)58(42-14-5-3-6-15-42)43-16-7-4-8-17-43/h3-7,9-16,18-38H,8,17H2,1-2H3. The van der Waals surface area contributed by atoms with Crippen LogP contribution in [0.15, 0.2) is 212 Å². The molecule has 2 aliphatic carbocycles. The molecule has 8 aromatic carbocycles. The average Bonchev–Trinajstić information content (AvgIpc) is 3.80. The predicted molar refractivity (Wildman–Crippen MR) is 257 cm³/mol. The van der Waals surface area contributed by atoms with Gasteiger partial charge in [0.25, 0.3) is 0 Å². The number of rotatable bonds is 8. The van der Waals surface area contributed by atoms with E-state index in [9.17, 15) is 0 Å². The van der Waals surface area contributed by atoms with Crippen LogP contribution in [0.25, 0.3) is 53.6 Å². The van der Waals surface area contributed by atoms with Gasteiger partial charge in [-0.2, -0.15) is 0 Å². The van der Waals surface area contributed by atoms with Crippen LogP contribution in [-0.2, 0) is 5.41 Å². The fourth-order valence-electron chi connectivity index (χ4n) is 9.48. The first-order valence-corrected chi connectivity index (χ1v) is 21.8. The Morgan fingerprint density at radius 1 is 0.450 bits per heavy atom. The Kier molecular flexibility index (Phi) is 8.87. The van der Waals surface area contributed by atoms with Gasteiger partial charge >= 0.3 is 0 Å². The molecule has 0 bridgehead atoms. The Morgan fingerprint density at radius 2 is 1.02 bits per heavy atom. The van der Waals surface area contributed by atoms with Gasteiger partial charge in [-0.1, -0.05) is 147 Å². The fourth-order valence-corrected chi connectivity index (χ4v) is 10.7. The Labute approximate surface area is 356 Å². The number of para-hydroxylation sites is 1. The van der Waals surface area contributed by atoms with Crippen molar-refractivity contribution in [2.75, 3.05) is 9.80 Å². The number of thiophene rings is 1. The molecule has 2 nitrogen and oxygen atoms in total. The van der Waals surface area contributed by atoms with E-state index in [0.717, 1.165) is 29.9 Å². The zero-order valence-corrected chi connectivity index (χ0v) is 34.7. The van der Waals surface area contributed by atoms with E-state index in [-0.39, 0.29) is 5.41 Å². The van der Waals surface area contributed by atoms with Crippen molar-refractivity contribution in [3.8, 4) is 33.4 Å². The second kappa shape index (κ2) is 14.7. The van der Waals surface area contributed by atoms with Gasteiger partial charge in [-0.25, -0.2) is 0 Å². The van der Waals surface area contributed by atoms with Gasteiger partial charge in [0.1, 0.15) is 0 Å². The Hall–Kier alpha value is -6.94. The molecule has 0 fully saturated rings. The number of hydrogen-bond donors (Lipinski definition) is 0. The van der Waals surface area contributed by atoms with Crippen LogP contribution in [0.5, 0.6) is 0 Å². The normalized spacial score (nSPS) is 13.9. The average molecular weight is 789 g/mol. The van der Waals surface area contributed by atoms with Crippen molar-refractivity contribution in [1.82, 2.24) is 0 Å². The summed E-state index contributed by atoms with van der Waals surface area (Å²) in [6, 6.07) is 69.4. The number of allylic oxidation sites excluding steroid dienone is 4. The van der Waals surface area contributed by atoms with Gasteiger partial charge in [0.05, 0.1) is 0 Å². The molecule has 288 valence electrons. The van der Waals surface area contributed by atoms with Crippen molar-refractivity contribution >= 4 is 59.9 Å². The summed E-state index contributed by atoms with van der Waals surface area (Å²) < 4.78 is 2.66. The van der Waals surface area contributed by atoms with Crippen LogP contribution < -0.4 is 9.80 Å². The lowest BCUT2D eigenvalue weighted by Gasteiger charge is -2.29. The Balaban J connectivity index is 0.964. The van der Waals surface area contributed by atoms with E-state index in [1.807, 2.05) is 11.3 Å². The molecule has 0 N–H and O–H groups in total. The van der Waals surface area contributed by atoms with Crippen LogP contribution in [0.4, 0.5) is 28.4 Å². The highest BCUT2D eigenvalue weighted by atomic mass is 32.1. The second-order valence-corrected chi connectivity index (χ2v) is 17.5. The van der Waals surface area contributed by atoms with Crippen LogP contribution in [0.1, 0.15) is 37.8 Å². The van der Waals surface area contributed by atoms with E-state index in [2.05, 4.69) is 230 Å².